The third-order valence-corrected chi connectivity index (χ3v) is 4.28. The first-order valence-electron chi connectivity index (χ1n) is 7.85. The summed E-state index contributed by atoms with van der Waals surface area (Å²) in [7, 11) is 0. The second-order valence-corrected chi connectivity index (χ2v) is 6.78. The Bertz CT molecular complexity index is 1160. The van der Waals surface area contributed by atoms with E-state index in [0.717, 1.165) is 0 Å². The van der Waals surface area contributed by atoms with Crippen LogP contribution in [0, 0.1) is 0 Å². The van der Waals surface area contributed by atoms with E-state index in [2.05, 4.69) is 15.2 Å². The Balaban J connectivity index is 2.01. The van der Waals surface area contributed by atoms with Gasteiger partial charge in [-0.15, -0.1) is 5.10 Å². The predicted molar refractivity (Wildman–Crippen MR) is 102 cm³/mol. The molecule has 1 aromatic carbocycles. The maximum Gasteiger partial charge on any atom is 0.332 e. The lowest BCUT2D eigenvalue weighted by atomic mass is 10.1. The Kier molecular flexibility index (Phi) is 5.20. The molecular weight excluding hydrogens is 395 g/mol. The molecule has 3 rings (SSSR count). The maximum absolute atomic E-state index is 11.9. The van der Waals surface area contributed by atoms with E-state index in [1.165, 1.54) is 35.0 Å². The van der Waals surface area contributed by atoms with Crippen molar-refractivity contribution in [1.82, 2.24) is 19.7 Å². The molecule has 0 saturated heterocycles. The van der Waals surface area contributed by atoms with Crippen molar-refractivity contribution < 1.29 is 4.74 Å². The first kappa shape index (κ1) is 18.9. The molecule has 0 bridgehead atoms. The molecule has 10 heteroatoms. The molecule has 3 aromatic rings. The molecule has 0 aliphatic carbocycles. The van der Waals surface area contributed by atoms with Gasteiger partial charge in [0.1, 0.15) is 0 Å². The molecule has 0 aliphatic heterocycles. The lowest BCUT2D eigenvalue weighted by molar-refractivity contribution is 0.452. The minimum atomic E-state index is -0.632. The molecule has 0 spiro atoms. The standard InChI is InChI=1S/C17H14Cl2N4O4/c1-8(2)10-7-14(21-22-16(10)25)27-15-11(18)5-9(6-12(15)19)23-4-3-13(24)20-17(23)26/h3-8H,1-2H3,(H,22,25)(H,20,24,26). The lowest BCUT2D eigenvalue weighted by Gasteiger charge is -2.12. The number of ether oxygens (including phenoxy) is 1. The number of benzene rings is 1. The minimum Gasteiger partial charge on any atom is -0.434 e. The molecule has 0 unspecified atom stereocenters. The SMILES string of the molecule is CC(C)c1cc(Oc2c(Cl)cc(-n3ccc(=O)[nH]c3=O)cc2Cl)n[nH]c1=O. The molecule has 0 aliphatic rings. The summed E-state index contributed by atoms with van der Waals surface area (Å²) in [6.45, 7) is 3.73. The molecule has 0 radical (unpaired) electrons. The van der Waals surface area contributed by atoms with E-state index < -0.39 is 11.2 Å². The third-order valence-electron chi connectivity index (χ3n) is 3.72. The van der Waals surface area contributed by atoms with Crippen LogP contribution in [0.3, 0.4) is 0 Å². The first-order chi connectivity index (χ1) is 12.8. The van der Waals surface area contributed by atoms with Gasteiger partial charge in [-0.25, -0.2) is 9.89 Å². The molecule has 2 N–H and O–H groups in total. The van der Waals surface area contributed by atoms with Crippen LogP contribution in [0.5, 0.6) is 11.6 Å². The summed E-state index contributed by atoms with van der Waals surface area (Å²) < 4.78 is 6.81. The number of aromatic nitrogens is 4. The summed E-state index contributed by atoms with van der Waals surface area (Å²) in [6.07, 6.45) is 1.31. The number of aromatic amines is 2. The average molecular weight is 409 g/mol. The van der Waals surface area contributed by atoms with Gasteiger partial charge in [-0.1, -0.05) is 37.0 Å². The number of H-pyrrole nitrogens is 2. The van der Waals surface area contributed by atoms with Crippen LogP contribution in [-0.2, 0) is 0 Å². The molecule has 0 fully saturated rings. The van der Waals surface area contributed by atoms with E-state index in [9.17, 15) is 14.4 Å². The molecule has 2 heterocycles. The fourth-order valence-electron chi connectivity index (χ4n) is 2.39. The largest absolute Gasteiger partial charge is 0.434 e. The van der Waals surface area contributed by atoms with Crippen LogP contribution in [0.25, 0.3) is 5.69 Å². The molecule has 8 nitrogen and oxygen atoms in total. The third kappa shape index (κ3) is 3.96. The number of hydrogen-bond donors (Lipinski definition) is 2. The molecular formula is C17H14Cl2N4O4. The fourth-order valence-corrected chi connectivity index (χ4v) is 2.94. The van der Waals surface area contributed by atoms with Gasteiger partial charge in [-0.05, 0) is 18.1 Å². The maximum atomic E-state index is 11.9. The molecule has 0 saturated carbocycles. The second-order valence-electron chi connectivity index (χ2n) is 5.97. The lowest BCUT2D eigenvalue weighted by Crippen LogP contribution is -2.27. The Morgan fingerprint density at radius 1 is 1.11 bits per heavy atom. The smallest absolute Gasteiger partial charge is 0.332 e. The van der Waals surface area contributed by atoms with Crippen molar-refractivity contribution in [2.24, 2.45) is 0 Å². The highest BCUT2D eigenvalue weighted by Gasteiger charge is 2.15. The average Bonchev–Trinajstić information content (AvgIpc) is 2.59. The van der Waals surface area contributed by atoms with Gasteiger partial charge in [0.2, 0.25) is 5.88 Å². The van der Waals surface area contributed by atoms with E-state index >= 15 is 0 Å². The molecule has 2 aromatic heterocycles. The van der Waals surface area contributed by atoms with Crippen molar-refractivity contribution in [3.05, 3.63) is 77.3 Å². The number of nitrogens with zero attached hydrogens (tertiary/aromatic N) is 2. The van der Waals surface area contributed by atoms with Crippen LogP contribution in [0.4, 0.5) is 0 Å². The summed E-state index contributed by atoms with van der Waals surface area (Å²) in [6, 6.07) is 5.62. The van der Waals surface area contributed by atoms with Gasteiger partial charge in [-0.3, -0.25) is 19.1 Å². The van der Waals surface area contributed by atoms with E-state index in [1.54, 1.807) is 0 Å². The predicted octanol–water partition coefficient (Wildman–Crippen LogP) is 2.83. The molecule has 140 valence electrons. The molecule has 0 amide bonds. The zero-order chi connectivity index (χ0) is 19.7. The number of hydrogen-bond acceptors (Lipinski definition) is 5. The van der Waals surface area contributed by atoms with Crippen LogP contribution in [0.2, 0.25) is 10.0 Å². The van der Waals surface area contributed by atoms with Gasteiger partial charge in [0.05, 0.1) is 15.7 Å². The number of halogens is 2. The summed E-state index contributed by atoms with van der Waals surface area (Å²) in [5.74, 6) is 0.212. The van der Waals surface area contributed by atoms with Crippen LogP contribution >= 0.6 is 23.2 Å². The zero-order valence-electron chi connectivity index (χ0n) is 14.2. The van der Waals surface area contributed by atoms with Gasteiger partial charge in [-0.2, -0.15) is 0 Å². The summed E-state index contributed by atoms with van der Waals surface area (Å²) >= 11 is 12.5. The van der Waals surface area contributed by atoms with Crippen LogP contribution in [0.1, 0.15) is 25.3 Å². The normalized spacial score (nSPS) is 11.0. The molecule has 0 atom stereocenters. The Morgan fingerprint density at radius 2 is 1.78 bits per heavy atom. The first-order valence-corrected chi connectivity index (χ1v) is 8.60. The van der Waals surface area contributed by atoms with E-state index in [1.807, 2.05) is 13.8 Å². The van der Waals surface area contributed by atoms with Crippen molar-refractivity contribution in [2.75, 3.05) is 0 Å². The summed E-state index contributed by atoms with van der Waals surface area (Å²) in [5.41, 5.74) is -0.604. The topological polar surface area (TPSA) is 110 Å². The monoisotopic (exact) mass is 408 g/mol. The molecule has 27 heavy (non-hydrogen) atoms. The number of nitrogens with one attached hydrogen (secondary N) is 2. The Hall–Kier alpha value is -2.84. The van der Waals surface area contributed by atoms with Crippen LogP contribution in [0.15, 0.2) is 44.8 Å². The highest BCUT2D eigenvalue weighted by Crippen LogP contribution is 2.37. The second kappa shape index (κ2) is 7.42. The Labute approximate surface area is 162 Å². The highest BCUT2D eigenvalue weighted by atomic mass is 35.5. The van der Waals surface area contributed by atoms with Crippen molar-refractivity contribution in [2.45, 2.75) is 19.8 Å². The summed E-state index contributed by atoms with van der Waals surface area (Å²) in [5, 5.41) is 6.43. The van der Waals surface area contributed by atoms with Crippen molar-refractivity contribution in [3.63, 3.8) is 0 Å². The Morgan fingerprint density at radius 3 is 2.37 bits per heavy atom. The van der Waals surface area contributed by atoms with Gasteiger partial charge in [0.25, 0.3) is 11.1 Å². The minimum absolute atomic E-state index is 0.0282. The van der Waals surface area contributed by atoms with Crippen molar-refractivity contribution in [1.29, 1.82) is 0 Å². The van der Waals surface area contributed by atoms with Gasteiger partial charge in [0, 0.05) is 23.9 Å². The van der Waals surface area contributed by atoms with Crippen LogP contribution < -0.4 is 21.5 Å². The van der Waals surface area contributed by atoms with Gasteiger partial charge in [0.15, 0.2) is 5.75 Å². The highest BCUT2D eigenvalue weighted by molar-refractivity contribution is 6.37. The zero-order valence-corrected chi connectivity index (χ0v) is 15.8. The fraction of sp³-hybridized carbons (Fsp3) is 0.176. The quantitative estimate of drug-likeness (QED) is 0.689. The van der Waals surface area contributed by atoms with Crippen LogP contribution in [-0.4, -0.2) is 19.7 Å². The van der Waals surface area contributed by atoms with E-state index in [4.69, 9.17) is 27.9 Å². The van der Waals surface area contributed by atoms with Crippen molar-refractivity contribution in [3.8, 4) is 17.3 Å². The number of rotatable bonds is 4. The van der Waals surface area contributed by atoms with E-state index in [-0.39, 0.29) is 33.2 Å². The van der Waals surface area contributed by atoms with Crippen molar-refractivity contribution >= 4 is 23.2 Å². The summed E-state index contributed by atoms with van der Waals surface area (Å²) in [4.78, 5) is 37.0. The van der Waals surface area contributed by atoms with Gasteiger partial charge < -0.3 is 4.74 Å². The van der Waals surface area contributed by atoms with E-state index in [0.29, 0.717) is 11.3 Å². The van der Waals surface area contributed by atoms with Gasteiger partial charge >= 0.3 is 5.69 Å².